The first-order valence-corrected chi connectivity index (χ1v) is 11.1. The Hall–Kier alpha value is 0.220. The number of hydrogen-bond donors (Lipinski definition) is 2. The molecule has 1 rings (SSSR count). The molecule has 0 aromatic carbocycles. The fraction of sp³-hybridized carbons (Fsp3) is 1.00. The molecule has 0 unspecified atom stereocenters. The van der Waals surface area contributed by atoms with Crippen LogP contribution in [-0.2, 0) is 10.0 Å². The Morgan fingerprint density at radius 3 is 2.43 bits per heavy atom. The summed E-state index contributed by atoms with van der Waals surface area (Å²) in [7, 11) is -3.11. The van der Waals surface area contributed by atoms with Gasteiger partial charge in [0, 0.05) is 11.3 Å². The quantitative estimate of drug-likeness (QED) is 0.570. The van der Waals surface area contributed by atoms with Gasteiger partial charge in [-0.15, -0.1) is 0 Å². The first kappa shape index (κ1) is 19.3. The van der Waals surface area contributed by atoms with E-state index >= 15 is 0 Å². The molecule has 2 N–H and O–H groups in total. The molecule has 6 heteroatoms. The van der Waals surface area contributed by atoms with Crippen molar-refractivity contribution in [1.29, 1.82) is 0 Å². The summed E-state index contributed by atoms with van der Waals surface area (Å²) in [5, 5.41) is 3.30. The van der Waals surface area contributed by atoms with Crippen molar-refractivity contribution in [3.05, 3.63) is 0 Å². The summed E-state index contributed by atoms with van der Waals surface area (Å²) in [4.78, 5) is 0. The van der Waals surface area contributed by atoms with Crippen LogP contribution in [0.1, 0.15) is 58.3 Å². The zero-order chi connectivity index (χ0) is 15.6. The second-order valence-corrected chi connectivity index (χ2v) is 9.25. The zero-order valence-corrected chi connectivity index (χ0v) is 15.3. The second kappa shape index (κ2) is 10.1. The minimum Gasteiger partial charge on any atom is -0.317 e. The normalized spacial score (nSPS) is 18.8. The van der Waals surface area contributed by atoms with Crippen LogP contribution < -0.4 is 10.0 Å². The van der Waals surface area contributed by atoms with Crippen LogP contribution >= 0.6 is 11.8 Å². The molecule has 21 heavy (non-hydrogen) atoms. The molecule has 126 valence electrons. The molecule has 1 aliphatic rings. The van der Waals surface area contributed by atoms with Crippen molar-refractivity contribution in [3.8, 4) is 0 Å². The summed E-state index contributed by atoms with van der Waals surface area (Å²) < 4.78 is 27.1. The van der Waals surface area contributed by atoms with Crippen LogP contribution in [0, 0.1) is 0 Å². The molecule has 0 heterocycles. The summed E-state index contributed by atoms with van der Waals surface area (Å²) in [5.74, 6) is 0.255. The molecule has 1 fully saturated rings. The molecular weight excluding hydrogens is 304 g/mol. The van der Waals surface area contributed by atoms with Crippen molar-refractivity contribution >= 4 is 21.8 Å². The molecule has 0 aliphatic heterocycles. The standard InChI is InChI=1S/C15H32N2O2S2/c1-3-11-16-12-7-8-13-21(18,19)17-14-15(20-2)9-5-4-6-10-15/h16-17H,3-14H2,1-2H3. The molecule has 0 amide bonds. The van der Waals surface area contributed by atoms with Gasteiger partial charge in [0.2, 0.25) is 10.0 Å². The first-order chi connectivity index (χ1) is 10.0. The van der Waals surface area contributed by atoms with E-state index in [9.17, 15) is 8.42 Å². The van der Waals surface area contributed by atoms with Crippen molar-refractivity contribution in [3.63, 3.8) is 0 Å². The number of sulfonamides is 1. The van der Waals surface area contributed by atoms with Crippen molar-refractivity contribution < 1.29 is 8.42 Å². The van der Waals surface area contributed by atoms with E-state index in [0.29, 0.717) is 6.54 Å². The molecule has 0 radical (unpaired) electrons. The van der Waals surface area contributed by atoms with Crippen LogP contribution in [-0.4, -0.2) is 44.8 Å². The zero-order valence-electron chi connectivity index (χ0n) is 13.6. The van der Waals surface area contributed by atoms with E-state index in [4.69, 9.17) is 0 Å². The van der Waals surface area contributed by atoms with Gasteiger partial charge < -0.3 is 5.32 Å². The molecular formula is C15H32N2O2S2. The molecule has 0 atom stereocenters. The summed E-state index contributed by atoms with van der Waals surface area (Å²) in [6.07, 6.45) is 10.9. The highest BCUT2D eigenvalue weighted by Gasteiger charge is 2.32. The monoisotopic (exact) mass is 336 g/mol. The molecule has 4 nitrogen and oxygen atoms in total. The maximum Gasteiger partial charge on any atom is 0.211 e. The van der Waals surface area contributed by atoms with E-state index in [1.807, 2.05) is 11.8 Å². The number of thioether (sulfide) groups is 1. The van der Waals surface area contributed by atoms with Crippen LogP contribution in [0.2, 0.25) is 0 Å². The van der Waals surface area contributed by atoms with Gasteiger partial charge in [-0.3, -0.25) is 0 Å². The van der Waals surface area contributed by atoms with E-state index in [-0.39, 0.29) is 10.5 Å². The van der Waals surface area contributed by atoms with Crippen molar-refractivity contribution in [2.75, 3.05) is 31.6 Å². The molecule has 0 aromatic rings. The lowest BCUT2D eigenvalue weighted by molar-refractivity contribution is 0.395. The summed E-state index contributed by atoms with van der Waals surface area (Å²) in [6, 6.07) is 0. The third-order valence-electron chi connectivity index (χ3n) is 4.26. The van der Waals surface area contributed by atoms with Gasteiger partial charge in [-0.05, 0) is 51.4 Å². The molecule has 0 saturated heterocycles. The van der Waals surface area contributed by atoms with Crippen LogP contribution in [0.5, 0.6) is 0 Å². The molecule has 0 spiro atoms. The van der Waals surface area contributed by atoms with Gasteiger partial charge in [-0.1, -0.05) is 26.2 Å². The van der Waals surface area contributed by atoms with Gasteiger partial charge in [0.25, 0.3) is 0 Å². The average molecular weight is 337 g/mol. The third kappa shape index (κ3) is 7.86. The summed E-state index contributed by atoms with van der Waals surface area (Å²) in [5.41, 5.74) is 0. The number of rotatable bonds is 11. The Kier molecular flexibility index (Phi) is 9.25. The van der Waals surface area contributed by atoms with Gasteiger partial charge in [-0.25, -0.2) is 13.1 Å². The second-order valence-electron chi connectivity index (χ2n) is 6.04. The predicted molar refractivity (Wildman–Crippen MR) is 93.5 cm³/mol. The van der Waals surface area contributed by atoms with Crippen LogP contribution in [0.25, 0.3) is 0 Å². The Bertz CT molecular complexity index is 366. The van der Waals surface area contributed by atoms with Crippen LogP contribution in [0.4, 0.5) is 0 Å². The number of unbranched alkanes of at least 4 members (excludes halogenated alkanes) is 1. The lowest BCUT2D eigenvalue weighted by atomic mass is 9.88. The molecule has 1 aliphatic carbocycles. The van der Waals surface area contributed by atoms with Gasteiger partial charge >= 0.3 is 0 Å². The van der Waals surface area contributed by atoms with E-state index in [1.165, 1.54) is 19.3 Å². The topological polar surface area (TPSA) is 58.2 Å². The van der Waals surface area contributed by atoms with Crippen LogP contribution in [0.15, 0.2) is 0 Å². The maximum atomic E-state index is 12.1. The van der Waals surface area contributed by atoms with Gasteiger partial charge in [0.05, 0.1) is 5.75 Å². The van der Waals surface area contributed by atoms with Gasteiger partial charge in [-0.2, -0.15) is 11.8 Å². The van der Waals surface area contributed by atoms with Crippen molar-refractivity contribution in [1.82, 2.24) is 10.0 Å². The van der Waals surface area contributed by atoms with E-state index in [2.05, 4.69) is 23.2 Å². The molecule has 1 saturated carbocycles. The molecule has 0 bridgehead atoms. The Morgan fingerprint density at radius 1 is 1.10 bits per heavy atom. The highest BCUT2D eigenvalue weighted by molar-refractivity contribution is 8.00. The summed E-state index contributed by atoms with van der Waals surface area (Å²) in [6.45, 7) is 4.66. The Morgan fingerprint density at radius 2 is 1.81 bits per heavy atom. The largest absolute Gasteiger partial charge is 0.317 e. The van der Waals surface area contributed by atoms with E-state index in [1.54, 1.807) is 0 Å². The minimum atomic E-state index is -3.11. The molecule has 0 aromatic heterocycles. The Labute approximate surface area is 135 Å². The lowest BCUT2D eigenvalue weighted by Gasteiger charge is -2.35. The third-order valence-corrected chi connectivity index (χ3v) is 7.08. The number of hydrogen-bond acceptors (Lipinski definition) is 4. The highest BCUT2D eigenvalue weighted by Crippen LogP contribution is 2.38. The number of nitrogens with one attached hydrogen (secondary N) is 2. The maximum absolute atomic E-state index is 12.1. The fourth-order valence-electron chi connectivity index (χ4n) is 2.81. The van der Waals surface area contributed by atoms with E-state index in [0.717, 1.165) is 45.2 Å². The van der Waals surface area contributed by atoms with Gasteiger partial charge in [0.1, 0.15) is 0 Å². The minimum absolute atomic E-state index is 0.133. The lowest BCUT2D eigenvalue weighted by Crippen LogP contribution is -2.42. The van der Waals surface area contributed by atoms with Crippen molar-refractivity contribution in [2.24, 2.45) is 0 Å². The van der Waals surface area contributed by atoms with Gasteiger partial charge in [0.15, 0.2) is 0 Å². The highest BCUT2D eigenvalue weighted by atomic mass is 32.2. The van der Waals surface area contributed by atoms with Crippen molar-refractivity contribution in [2.45, 2.75) is 63.0 Å². The SMILES string of the molecule is CCCNCCCCS(=O)(=O)NCC1(SC)CCCCC1. The Balaban J connectivity index is 2.25. The smallest absolute Gasteiger partial charge is 0.211 e. The predicted octanol–water partition coefficient (Wildman–Crippen LogP) is 2.75. The van der Waals surface area contributed by atoms with Crippen LogP contribution in [0.3, 0.4) is 0 Å². The first-order valence-electron chi connectivity index (χ1n) is 8.27. The van der Waals surface area contributed by atoms with E-state index < -0.39 is 10.0 Å². The average Bonchev–Trinajstić information content (AvgIpc) is 2.50. The fourth-order valence-corrected chi connectivity index (χ4v) is 5.04. The summed E-state index contributed by atoms with van der Waals surface area (Å²) >= 11 is 1.83.